The number of ether oxygens (including phenoxy) is 1. The molecule has 20 heavy (non-hydrogen) atoms. The summed E-state index contributed by atoms with van der Waals surface area (Å²) in [5, 5.41) is 3.11. The smallest absolute Gasteiger partial charge is 0.196 e. The minimum Gasteiger partial charge on any atom is -0.495 e. The lowest BCUT2D eigenvalue weighted by Gasteiger charge is -2.26. The minimum absolute atomic E-state index is 0.0382. The average Bonchev–Trinajstić information content (AvgIpc) is 3.04. The van der Waals surface area contributed by atoms with E-state index in [1.807, 2.05) is 36.1 Å². The van der Waals surface area contributed by atoms with Crippen LogP contribution in [0.5, 0.6) is 5.75 Å². The Bertz CT molecular complexity index is 652. The predicted molar refractivity (Wildman–Crippen MR) is 81.6 cm³/mol. The first-order chi connectivity index (χ1) is 9.70. The van der Waals surface area contributed by atoms with Crippen molar-refractivity contribution in [3.8, 4) is 5.75 Å². The number of methoxy groups -OCH3 is 1. The summed E-state index contributed by atoms with van der Waals surface area (Å²) in [7, 11) is 1.66. The van der Waals surface area contributed by atoms with Crippen LogP contribution in [-0.2, 0) is 0 Å². The fourth-order valence-corrected chi connectivity index (χ4v) is 3.04. The standard InChI is InChI=1S/C14H16N4OS/c1-9-17-10(8-20-9)12-7-16-14(15)18(12)11-5-3-4-6-13(11)19-2/h3-6,8,12H,7H2,1-2H3,(H2,15,16). The summed E-state index contributed by atoms with van der Waals surface area (Å²) in [6.07, 6.45) is 0. The molecule has 1 aliphatic rings. The zero-order chi connectivity index (χ0) is 14.1. The van der Waals surface area contributed by atoms with E-state index < -0.39 is 0 Å². The van der Waals surface area contributed by atoms with Crippen LogP contribution in [0.3, 0.4) is 0 Å². The van der Waals surface area contributed by atoms with E-state index in [2.05, 4.69) is 15.4 Å². The molecular weight excluding hydrogens is 272 g/mol. The molecule has 1 unspecified atom stereocenters. The van der Waals surface area contributed by atoms with E-state index in [9.17, 15) is 0 Å². The van der Waals surface area contributed by atoms with Gasteiger partial charge in [-0.2, -0.15) is 0 Å². The Hall–Kier alpha value is -2.08. The number of aliphatic imine (C=N–C) groups is 1. The summed E-state index contributed by atoms with van der Waals surface area (Å²) >= 11 is 1.64. The van der Waals surface area contributed by atoms with E-state index in [-0.39, 0.29) is 6.04 Å². The van der Waals surface area contributed by atoms with Crippen LogP contribution in [0.25, 0.3) is 0 Å². The highest BCUT2D eigenvalue weighted by Gasteiger charge is 2.32. The van der Waals surface area contributed by atoms with E-state index in [0.29, 0.717) is 12.5 Å². The van der Waals surface area contributed by atoms with Crippen molar-refractivity contribution in [1.29, 1.82) is 0 Å². The lowest BCUT2D eigenvalue weighted by atomic mass is 10.1. The fraction of sp³-hybridized carbons (Fsp3) is 0.286. The maximum Gasteiger partial charge on any atom is 0.196 e. The van der Waals surface area contributed by atoms with Crippen molar-refractivity contribution < 1.29 is 4.74 Å². The van der Waals surface area contributed by atoms with Crippen LogP contribution in [0.15, 0.2) is 34.6 Å². The summed E-state index contributed by atoms with van der Waals surface area (Å²) in [5.74, 6) is 1.29. The second kappa shape index (κ2) is 5.13. The van der Waals surface area contributed by atoms with Gasteiger partial charge in [0.15, 0.2) is 5.96 Å². The Labute approximate surface area is 121 Å². The molecule has 0 amide bonds. The van der Waals surface area contributed by atoms with Crippen molar-refractivity contribution >= 4 is 23.0 Å². The summed E-state index contributed by atoms with van der Waals surface area (Å²) in [6.45, 7) is 2.62. The molecule has 0 saturated carbocycles. The van der Waals surface area contributed by atoms with Gasteiger partial charge in [-0.05, 0) is 19.1 Å². The molecule has 0 radical (unpaired) electrons. The van der Waals surface area contributed by atoms with Gasteiger partial charge in [-0.1, -0.05) is 12.1 Å². The fourth-order valence-electron chi connectivity index (χ4n) is 2.38. The van der Waals surface area contributed by atoms with Gasteiger partial charge in [0.05, 0.1) is 36.1 Å². The number of rotatable bonds is 3. The van der Waals surface area contributed by atoms with Gasteiger partial charge in [0.25, 0.3) is 0 Å². The Kier molecular flexibility index (Phi) is 3.31. The Balaban J connectivity index is 2.02. The molecule has 0 bridgehead atoms. The Morgan fingerprint density at radius 2 is 2.20 bits per heavy atom. The maximum atomic E-state index is 6.07. The lowest BCUT2D eigenvalue weighted by Crippen LogP contribution is -2.36. The number of thiazole rings is 1. The molecular formula is C14H16N4OS. The number of aryl methyl sites for hydroxylation is 1. The zero-order valence-corrected chi connectivity index (χ0v) is 12.2. The molecule has 2 N–H and O–H groups in total. The van der Waals surface area contributed by atoms with Crippen LogP contribution in [0, 0.1) is 6.92 Å². The highest BCUT2D eigenvalue weighted by atomic mass is 32.1. The quantitative estimate of drug-likeness (QED) is 0.941. The van der Waals surface area contributed by atoms with Gasteiger partial charge in [-0.3, -0.25) is 9.89 Å². The van der Waals surface area contributed by atoms with Crippen LogP contribution < -0.4 is 15.4 Å². The highest BCUT2D eigenvalue weighted by Crippen LogP contribution is 2.36. The minimum atomic E-state index is 0.0382. The largest absolute Gasteiger partial charge is 0.495 e. The number of nitrogens with zero attached hydrogens (tertiary/aromatic N) is 3. The summed E-state index contributed by atoms with van der Waals surface area (Å²) < 4.78 is 5.43. The van der Waals surface area contributed by atoms with Gasteiger partial charge >= 0.3 is 0 Å². The number of benzene rings is 1. The van der Waals surface area contributed by atoms with Crippen molar-refractivity contribution in [2.24, 2.45) is 10.7 Å². The van der Waals surface area contributed by atoms with E-state index in [1.165, 1.54) is 0 Å². The van der Waals surface area contributed by atoms with Gasteiger partial charge in [0, 0.05) is 5.38 Å². The van der Waals surface area contributed by atoms with E-state index >= 15 is 0 Å². The van der Waals surface area contributed by atoms with Gasteiger partial charge in [-0.15, -0.1) is 11.3 Å². The van der Waals surface area contributed by atoms with Crippen molar-refractivity contribution in [1.82, 2.24) is 4.98 Å². The summed E-state index contributed by atoms with van der Waals surface area (Å²) in [4.78, 5) is 10.9. The third kappa shape index (κ3) is 2.12. The number of para-hydroxylation sites is 2. The molecule has 0 aliphatic carbocycles. The molecule has 1 aromatic heterocycles. The number of guanidine groups is 1. The molecule has 6 heteroatoms. The Morgan fingerprint density at radius 3 is 2.90 bits per heavy atom. The van der Waals surface area contributed by atoms with Crippen molar-refractivity contribution in [3.05, 3.63) is 40.3 Å². The third-order valence-corrected chi connectivity index (χ3v) is 4.10. The maximum absolute atomic E-state index is 6.07. The second-order valence-corrected chi connectivity index (χ2v) is 5.61. The second-order valence-electron chi connectivity index (χ2n) is 4.55. The SMILES string of the molecule is COc1ccccc1N1C(N)=NCC1c1csc(C)n1. The first kappa shape index (κ1) is 12.9. The number of hydrogen-bond acceptors (Lipinski definition) is 6. The molecule has 104 valence electrons. The van der Waals surface area contributed by atoms with Crippen LogP contribution in [0.2, 0.25) is 0 Å². The van der Waals surface area contributed by atoms with Gasteiger partial charge in [0.2, 0.25) is 0 Å². The third-order valence-electron chi connectivity index (χ3n) is 3.31. The predicted octanol–water partition coefficient (Wildman–Crippen LogP) is 2.34. The number of nitrogens with two attached hydrogens (primary N) is 1. The molecule has 0 saturated heterocycles. The number of aromatic nitrogens is 1. The monoisotopic (exact) mass is 288 g/mol. The lowest BCUT2D eigenvalue weighted by molar-refractivity contribution is 0.415. The van der Waals surface area contributed by atoms with Crippen molar-refractivity contribution in [2.45, 2.75) is 13.0 Å². The van der Waals surface area contributed by atoms with Crippen LogP contribution in [-0.4, -0.2) is 24.6 Å². The van der Waals surface area contributed by atoms with E-state index in [0.717, 1.165) is 22.1 Å². The molecule has 1 atom stereocenters. The average molecular weight is 288 g/mol. The van der Waals surface area contributed by atoms with Crippen molar-refractivity contribution in [2.75, 3.05) is 18.6 Å². The molecule has 3 rings (SSSR count). The van der Waals surface area contributed by atoms with E-state index in [4.69, 9.17) is 10.5 Å². The molecule has 5 nitrogen and oxygen atoms in total. The molecule has 2 aromatic rings. The molecule has 0 spiro atoms. The van der Waals surface area contributed by atoms with Gasteiger partial charge < -0.3 is 10.5 Å². The van der Waals surface area contributed by atoms with Crippen molar-refractivity contribution in [3.63, 3.8) is 0 Å². The molecule has 0 fully saturated rings. The zero-order valence-electron chi connectivity index (χ0n) is 11.4. The highest BCUT2D eigenvalue weighted by molar-refractivity contribution is 7.09. The van der Waals surface area contributed by atoms with Gasteiger partial charge in [-0.25, -0.2) is 4.98 Å². The summed E-state index contributed by atoms with van der Waals surface area (Å²) in [5.41, 5.74) is 7.99. The number of hydrogen-bond donors (Lipinski definition) is 1. The summed E-state index contributed by atoms with van der Waals surface area (Å²) in [6, 6.07) is 7.85. The molecule has 2 heterocycles. The van der Waals surface area contributed by atoms with Crippen LogP contribution >= 0.6 is 11.3 Å². The first-order valence-electron chi connectivity index (χ1n) is 6.35. The topological polar surface area (TPSA) is 63.7 Å². The van der Waals surface area contributed by atoms with Crippen LogP contribution in [0.4, 0.5) is 5.69 Å². The van der Waals surface area contributed by atoms with Gasteiger partial charge in [0.1, 0.15) is 5.75 Å². The molecule has 1 aliphatic heterocycles. The Morgan fingerprint density at radius 1 is 1.40 bits per heavy atom. The van der Waals surface area contributed by atoms with E-state index in [1.54, 1.807) is 18.4 Å². The normalized spacial score (nSPS) is 18.2. The molecule has 1 aromatic carbocycles. The number of anilines is 1. The van der Waals surface area contributed by atoms with Crippen LogP contribution in [0.1, 0.15) is 16.7 Å². The first-order valence-corrected chi connectivity index (χ1v) is 7.23.